The molecule has 1 aromatic heterocycles. The van der Waals surface area contributed by atoms with Crippen LogP contribution >= 0.6 is 11.6 Å². The Kier molecular flexibility index (Phi) is 4.65. The summed E-state index contributed by atoms with van der Waals surface area (Å²) in [4.78, 5) is 15.8. The maximum atomic E-state index is 11.8. The summed E-state index contributed by atoms with van der Waals surface area (Å²) in [6.07, 6.45) is 1.43. The number of hydrogen-bond acceptors (Lipinski definition) is 5. The second kappa shape index (κ2) is 6.45. The molecule has 1 heterocycles. The molecule has 0 atom stereocenters. The van der Waals surface area contributed by atoms with Gasteiger partial charge in [0.05, 0.1) is 17.2 Å². The lowest BCUT2D eigenvalue weighted by atomic mass is 10.2. The SMILES string of the molecule is CCOC(=O)c1ccnc(Oc2cc(C)ccc2Cl)c1N. The van der Waals surface area contributed by atoms with Crippen molar-refractivity contribution in [3.8, 4) is 11.6 Å². The third-order valence-corrected chi connectivity index (χ3v) is 3.05. The standard InChI is InChI=1S/C15H15ClN2O3/c1-3-20-15(19)10-6-7-18-14(13(10)17)21-12-8-9(2)4-5-11(12)16/h4-8H,3,17H2,1-2H3. The van der Waals surface area contributed by atoms with Gasteiger partial charge in [-0.15, -0.1) is 0 Å². The second-order valence-electron chi connectivity index (χ2n) is 4.33. The summed E-state index contributed by atoms with van der Waals surface area (Å²) in [5.41, 5.74) is 7.23. The number of aryl methyl sites for hydroxylation is 1. The molecule has 2 aromatic rings. The van der Waals surface area contributed by atoms with Crippen molar-refractivity contribution < 1.29 is 14.3 Å². The highest BCUT2D eigenvalue weighted by atomic mass is 35.5. The van der Waals surface area contributed by atoms with Gasteiger partial charge in [-0.05, 0) is 37.6 Å². The van der Waals surface area contributed by atoms with Gasteiger partial charge in [-0.1, -0.05) is 17.7 Å². The maximum Gasteiger partial charge on any atom is 0.340 e. The summed E-state index contributed by atoms with van der Waals surface area (Å²) < 4.78 is 10.5. The van der Waals surface area contributed by atoms with Crippen LogP contribution in [0.3, 0.4) is 0 Å². The fraction of sp³-hybridized carbons (Fsp3) is 0.200. The van der Waals surface area contributed by atoms with Crippen molar-refractivity contribution in [3.63, 3.8) is 0 Å². The van der Waals surface area contributed by atoms with Gasteiger partial charge in [-0.3, -0.25) is 0 Å². The quantitative estimate of drug-likeness (QED) is 0.874. The molecule has 0 aliphatic rings. The van der Waals surface area contributed by atoms with E-state index in [1.165, 1.54) is 12.3 Å². The zero-order valence-electron chi connectivity index (χ0n) is 11.7. The van der Waals surface area contributed by atoms with E-state index in [4.69, 9.17) is 26.8 Å². The van der Waals surface area contributed by atoms with Crippen LogP contribution in [0.15, 0.2) is 30.5 Å². The van der Waals surface area contributed by atoms with Crippen molar-refractivity contribution in [2.24, 2.45) is 0 Å². The van der Waals surface area contributed by atoms with E-state index in [2.05, 4.69) is 4.98 Å². The van der Waals surface area contributed by atoms with Crippen LogP contribution in [0.4, 0.5) is 5.69 Å². The summed E-state index contributed by atoms with van der Waals surface area (Å²) in [6, 6.07) is 6.83. The van der Waals surface area contributed by atoms with Crippen LogP contribution in [0, 0.1) is 6.92 Å². The lowest BCUT2D eigenvalue weighted by molar-refractivity contribution is 0.0527. The Bertz CT molecular complexity index is 674. The minimum absolute atomic E-state index is 0.119. The molecule has 0 fully saturated rings. The number of carbonyl (C=O) groups is 1. The van der Waals surface area contributed by atoms with Crippen molar-refractivity contribution in [1.82, 2.24) is 4.98 Å². The van der Waals surface area contributed by atoms with Crippen LogP contribution in [0.1, 0.15) is 22.8 Å². The Balaban J connectivity index is 2.35. The number of benzene rings is 1. The Morgan fingerprint density at radius 1 is 1.38 bits per heavy atom. The molecule has 6 heteroatoms. The number of carbonyl (C=O) groups excluding carboxylic acids is 1. The number of pyridine rings is 1. The van der Waals surface area contributed by atoms with Gasteiger partial charge in [-0.25, -0.2) is 9.78 Å². The van der Waals surface area contributed by atoms with Crippen LogP contribution in [0.2, 0.25) is 5.02 Å². The van der Waals surface area contributed by atoms with Gasteiger partial charge >= 0.3 is 5.97 Å². The lowest BCUT2D eigenvalue weighted by Gasteiger charge is -2.11. The van der Waals surface area contributed by atoms with E-state index in [9.17, 15) is 4.79 Å². The Hall–Kier alpha value is -2.27. The first-order chi connectivity index (χ1) is 10.0. The highest BCUT2D eigenvalue weighted by Crippen LogP contribution is 2.33. The number of rotatable bonds is 4. The van der Waals surface area contributed by atoms with Gasteiger partial charge in [0.2, 0.25) is 5.88 Å². The molecule has 5 nitrogen and oxygen atoms in total. The molecule has 2 N–H and O–H groups in total. The molecule has 0 saturated heterocycles. The summed E-state index contributed by atoms with van der Waals surface area (Å²) in [7, 11) is 0. The predicted octanol–water partition coefficient (Wildman–Crippen LogP) is 3.59. The highest BCUT2D eigenvalue weighted by molar-refractivity contribution is 6.32. The van der Waals surface area contributed by atoms with Crippen molar-refractivity contribution in [2.45, 2.75) is 13.8 Å². The first-order valence-corrected chi connectivity index (χ1v) is 6.76. The Morgan fingerprint density at radius 3 is 2.86 bits per heavy atom. The average Bonchev–Trinajstić information content (AvgIpc) is 2.45. The molecular weight excluding hydrogens is 292 g/mol. The van der Waals surface area contributed by atoms with Gasteiger partial charge in [0.25, 0.3) is 0 Å². The maximum absolute atomic E-state index is 11.8. The molecule has 0 radical (unpaired) electrons. The molecule has 0 unspecified atom stereocenters. The van der Waals surface area contributed by atoms with Gasteiger partial charge in [0.1, 0.15) is 11.4 Å². The monoisotopic (exact) mass is 306 g/mol. The molecule has 0 spiro atoms. The van der Waals surface area contributed by atoms with Gasteiger partial charge in [0, 0.05) is 6.20 Å². The zero-order valence-corrected chi connectivity index (χ0v) is 12.5. The third kappa shape index (κ3) is 3.44. The van der Waals surface area contributed by atoms with E-state index >= 15 is 0 Å². The number of nitrogen functional groups attached to an aromatic ring is 1. The van der Waals surface area contributed by atoms with Crippen LogP contribution in [0.25, 0.3) is 0 Å². The fourth-order valence-corrected chi connectivity index (χ4v) is 1.87. The highest BCUT2D eigenvalue weighted by Gasteiger charge is 2.16. The van der Waals surface area contributed by atoms with Crippen LogP contribution < -0.4 is 10.5 Å². The topological polar surface area (TPSA) is 74.4 Å². The lowest BCUT2D eigenvalue weighted by Crippen LogP contribution is -2.09. The van der Waals surface area contributed by atoms with Crippen LogP contribution in [0.5, 0.6) is 11.6 Å². The molecule has 1 aromatic carbocycles. The van der Waals surface area contributed by atoms with Crippen molar-refractivity contribution in [3.05, 3.63) is 46.6 Å². The van der Waals surface area contributed by atoms with E-state index < -0.39 is 5.97 Å². The van der Waals surface area contributed by atoms with Gasteiger partial charge < -0.3 is 15.2 Å². The molecular formula is C15H15ClN2O3. The van der Waals surface area contributed by atoms with Crippen molar-refractivity contribution >= 4 is 23.3 Å². The van der Waals surface area contributed by atoms with Crippen LogP contribution in [-0.4, -0.2) is 17.6 Å². The van der Waals surface area contributed by atoms with Crippen LogP contribution in [-0.2, 0) is 4.74 Å². The van der Waals surface area contributed by atoms with Gasteiger partial charge in [-0.2, -0.15) is 0 Å². The number of aromatic nitrogens is 1. The Morgan fingerprint density at radius 2 is 2.14 bits per heavy atom. The molecule has 0 aliphatic carbocycles. The Labute approximate surface area is 127 Å². The number of hydrogen-bond donors (Lipinski definition) is 1. The number of esters is 1. The summed E-state index contributed by atoms with van der Waals surface area (Å²) in [5.74, 6) is 0.0301. The fourth-order valence-electron chi connectivity index (χ4n) is 1.72. The number of halogens is 1. The smallest absolute Gasteiger partial charge is 0.340 e. The summed E-state index contributed by atoms with van der Waals surface area (Å²) in [6.45, 7) is 3.90. The number of nitrogens with two attached hydrogens (primary N) is 1. The molecule has 0 bridgehead atoms. The van der Waals surface area contributed by atoms with E-state index in [0.717, 1.165) is 5.56 Å². The van der Waals surface area contributed by atoms with Crippen molar-refractivity contribution in [2.75, 3.05) is 12.3 Å². The third-order valence-electron chi connectivity index (χ3n) is 2.74. The number of nitrogens with zero attached hydrogens (tertiary/aromatic N) is 1. The van der Waals surface area contributed by atoms with Gasteiger partial charge in [0.15, 0.2) is 0 Å². The molecule has 2 rings (SSSR count). The first-order valence-electron chi connectivity index (χ1n) is 6.38. The predicted molar refractivity (Wildman–Crippen MR) is 80.9 cm³/mol. The number of ether oxygens (including phenoxy) is 2. The van der Waals surface area contributed by atoms with E-state index in [1.807, 2.05) is 13.0 Å². The van der Waals surface area contributed by atoms with E-state index in [0.29, 0.717) is 10.8 Å². The average molecular weight is 307 g/mol. The normalized spacial score (nSPS) is 10.2. The molecule has 21 heavy (non-hydrogen) atoms. The number of anilines is 1. The molecule has 0 aliphatic heterocycles. The summed E-state index contributed by atoms with van der Waals surface area (Å²) >= 11 is 6.07. The molecule has 0 amide bonds. The first kappa shape index (κ1) is 15.1. The minimum atomic E-state index is -0.516. The van der Waals surface area contributed by atoms with E-state index in [-0.39, 0.29) is 23.7 Å². The molecule has 0 saturated carbocycles. The molecule has 110 valence electrons. The minimum Gasteiger partial charge on any atom is -0.462 e. The second-order valence-corrected chi connectivity index (χ2v) is 4.74. The zero-order chi connectivity index (χ0) is 15.4. The largest absolute Gasteiger partial charge is 0.462 e. The van der Waals surface area contributed by atoms with Crippen molar-refractivity contribution in [1.29, 1.82) is 0 Å². The summed E-state index contributed by atoms with van der Waals surface area (Å²) in [5, 5.41) is 0.434. The van der Waals surface area contributed by atoms with E-state index in [1.54, 1.807) is 19.1 Å².